The Balaban J connectivity index is 2.27. The maximum atomic E-state index is 11.8. The highest BCUT2D eigenvalue weighted by molar-refractivity contribution is 8.00. The Kier molecular flexibility index (Phi) is 6.36. The molecule has 1 fully saturated rings. The second-order valence-electron chi connectivity index (χ2n) is 4.06. The van der Waals surface area contributed by atoms with Crippen molar-refractivity contribution in [2.24, 2.45) is 0 Å². The van der Waals surface area contributed by atoms with Crippen molar-refractivity contribution in [1.82, 2.24) is 5.32 Å². The molecular weight excluding hydrogens is 242 g/mol. The van der Waals surface area contributed by atoms with Gasteiger partial charge in [-0.1, -0.05) is 6.42 Å². The Morgan fingerprint density at radius 1 is 1.53 bits per heavy atom. The van der Waals surface area contributed by atoms with E-state index in [1.165, 1.54) is 13.5 Å². The molecule has 0 saturated carbocycles. The number of ether oxygens (including phenoxy) is 1. The van der Waals surface area contributed by atoms with Crippen LogP contribution in [0.2, 0.25) is 0 Å². The molecule has 0 aliphatic carbocycles. The summed E-state index contributed by atoms with van der Waals surface area (Å²) in [6.07, 6.45) is 2.63. The number of carbonyl (C=O) groups excluding carboxylic acids is 1. The summed E-state index contributed by atoms with van der Waals surface area (Å²) < 4.78 is 5.00. The predicted octanol–water partition coefficient (Wildman–Crippen LogP) is 0.878. The molecule has 0 aromatic heterocycles. The second-order valence-corrected chi connectivity index (χ2v) is 5.37. The number of amides is 1. The molecule has 0 bridgehead atoms. The standard InChI is InChI=1S/C11H19NO4S/c1-16-8(6-10(13)14)7-12-11(15)9-4-2-3-5-17-9/h8-9H,2-7H2,1H3,(H,12,15)(H,13,14). The molecule has 1 heterocycles. The topological polar surface area (TPSA) is 75.6 Å². The minimum absolute atomic E-state index is 0.00198. The SMILES string of the molecule is COC(CNC(=O)C1CCCCS1)CC(=O)O. The molecule has 2 N–H and O–H groups in total. The van der Waals surface area contributed by atoms with Crippen LogP contribution in [-0.4, -0.2) is 47.7 Å². The Labute approximate surface area is 105 Å². The van der Waals surface area contributed by atoms with Gasteiger partial charge in [-0.3, -0.25) is 9.59 Å². The van der Waals surface area contributed by atoms with E-state index >= 15 is 0 Å². The summed E-state index contributed by atoms with van der Waals surface area (Å²) >= 11 is 1.68. The van der Waals surface area contributed by atoms with Crippen LogP contribution >= 0.6 is 11.8 Å². The quantitative estimate of drug-likeness (QED) is 0.742. The van der Waals surface area contributed by atoms with Crippen molar-refractivity contribution in [2.75, 3.05) is 19.4 Å². The van der Waals surface area contributed by atoms with Crippen molar-refractivity contribution in [3.63, 3.8) is 0 Å². The van der Waals surface area contributed by atoms with E-state index in [-0.39, 0.29) is 24.1 Å². The van der Waals surface area contributed by atoms with Gasteiger partial charge in [-0.25, -0.2) is 0 Å². The van der Waals surface area contributed by atoms with Gasteiger partial charge in [-0.05, 0) is 18.6 Å². The van der Waals surface area contributed by atoms with Crippen LogP contribution in [0.5, 0.6) is 0 Å². The van der Waals surface area contributed by atoms with Crippen molar-refractivity contribution in [1.29, 1.82) is 0 Å². The Bertz CT molecular complexity index is 266. The van der Waals surface area contributed by atoms with E-state index in [0.717, 1.165) is 18.6 Å². The van der Waals surface area contributed by atoms with Gasteiger partial charge in [0.05, 0.1) is 17.8 Å². The van der Waals surface area contributed by atoms with E-state index in [0.29, 0.717) is 0 Å². The average Bonchev–Trinajstić information content (AvgIpc) is 2.34. The van der Waals surface area contributed by atoms with E-state index in [2.05, 4.69) is 5.32 Å². The maximum absolute atomic E-state index is 11.8. The van der Waals surface area contributed by atoms with Crippen LogP contribution in [0, 0.1) is 0 Å². The number of nitrogens with one attached hydrogen (secondary N) is 1. The summed E-state index contributed by atoms with van der Waals surface area (Å²) in [5.74, 6) is 0.112. The normalized spacial score (nSPS) is 21.8. The largest absolute Gasteiger partial charge is 0.481 e. The molecule has 5 nitrogen and oxygen atoms in total. The van der Waals surface area contributed by atoms with Gasteiger partial charge in [0.15, 0.2) is 0 Å². The smallest absolute Gasteiger partial charge is 0.306 e. The van der Waals surface area contributed by atoms with E-state index in [1.54, 1.807) is 11.8 Å². The third-order valence-corrected chi connectivity index (χ3v) is 4.09. The molecule has 0 aromatic rings. The summed E-state index contributed by atoms with van der Waals surface area (Å²) in [6.45, 7) is 0.263. The van der Waals surface area contributed by atoms with E-state index < -0.39 is 12.1 Å². The third-order valence-electron chi connectivity index (χ3n) is 2.71. The highest BCUT2D eigenvalue weighted by atomic mass is 32.2. The molecule has 1 saturated heterocycles. The monoisotopic (exact) mass is 261 g/mol. The Morgan fingerprint density at radius 3 is 2.82 bits per heavy atom. The highest BCUT2D eigenvalue weighted by Crippen LogP contribution is 2.24. The van der Waals surface area contributed by atoms with Crippen LogP contribution in [0.25, 0.3) is 0 Å². The zero-order valence-electron chi connectivity index (χ0n) is 9.98. The number of rotatable bonds is 6. The van der Waals surface area contributed by atoms with Gasteiger partial charge in [0, 0.05) is 13.7 Å². The van der Waals surface area contributed by atoms with Gasteiger partial charge < -0.3 is 15.2 Å². The van der Waals surface area contributed by atoms with Crippen molar-refractivity contribution >= 4 is 23.6 Å². The summed E-state index contributed by atoms with van der Waals surface area (Å²) in [4.78, 5) is 22.3. The fourth-order valence-corrected chi connectivity index (χ4v) is 2.93. The molecule has 98 valence electrons. The van der Waals surface area contributed by atoms with Crippen LogP contribution in [0.4, 0.5) is 0 Å². The molecule has 0 spiro atoms. The fourth-order valence-electron chi connectivity index (χ4n) is 1.71. The number of carbonyl (C=O) groups is 2. The van der Waals surface area contributed by atoms with Crippen molar-refractivity contribution in [3.8, 4) is 0 Å². The Morgan fingerprint density at radius 2 is 2.29 bits per heavy atom. The summed E-state index contributed by atoms with van der Waals surface area (Å²) in [5.41, 5.74) is 0. The van der Waals surface area contributed by atoms with Crippen LogP contribution in [-0.2, 0) is 14.3 Å². The van der Waals surface area contributed by atoms with Gasteiger partial charge in [0.2, 0.25) is 5.91 Å². The average molecular weight is 261 g/mol. The summed E-state index contributed by atoms with van der Waals surface area (Å²) in [5, 5.41) is 11.4. The number of aliphatic carboxylic acids is 1. The lowest BCUT2D eigenvalue weighted by molar-refractivity contribution is -0.140. The first-order valence-electron chi connectivity index (χ1n) is 5.77. The molecule has 1 aliphatic rings. The van der Waals surface area contributed by atoms with Crippen molar-refractivity contribution < 1.29 is 19.4 Å². The molecule has 1 aliphatic heterocycles. The molecule has 6 heteroatoms. The number of methoxy groups -OCH3 is 1. The summed E-state index contributed by atoms with van der Waals surface area (Å²) in [6, 6.07) is 0. The van der Waals surface area contributed by atoms with Gasteiger partial charge in [0.25, 0.3) is 0 Å². The van der Waals surface area contributed by atoms with Crippen LogP contribution in [0.1, 0.15) is 25.7 Å². The van der Waals surface area contributed by atoms with Crippen LogP contribution < -0.4 is 5.32 Å². The number of thioether (sulfide) groups is 1. The van der Waals surface area contributed by atoms with E-state index in [4.69, 9.17) is 9.84 Å². The van der Waals surface area contributed by atoms with Gasteiger partial charge in [-0.2, -0.15) is 0 Å². The summed E-state index contributed by atoms with van der Waals surface area (Å²) in [7, 11) is 1.45. The highest BCUT2D eigenvalue weighted by Gasteiger charge is 2.22. The lowest BCUT2D eigenvalue weighted by atomic mass is 10.1. The van der Waals surface area contributed by atoms with Gasteiger partial charge in [-0.15, -0.1) is 11.8 Å². The van der Waals surface area contributed by atoms with E-state index in [1.807, 2.05) is 0 Å². The lowest BCUT2D eigenvalue weighted by Crippen LogP contribution is -2.39. The molecule has 2 atom stereocenters. The predicted molar refractivity (Wildman–Crippen MR) is 66.2 cm³/mol. The van der Waals surface area contributed by atoms with Crippen LogP contribution in [0.15, 0.2) is 0 Å². The van der Waals surface area contributed by atoms with Crippen molar-refractivity contribution in [3.05, 3.63) is 0 Å². The minimum Gasteiger partial charge on any atom is -0.481 e. The lowest BCUT2D eigenvalue weighted by Gasteiger charge is -2.21. The third kappa shape index (κ3) is 5.41. The molecular formula is C11H19NO4S. The van der Waals surface area contributed by atoms with Crippen molar-refractivity contribution in [2.45, 2.75) is 37.0 Å². The van der Waals surface area contributed by atoms with Gasteiger partial charge in [0.1, 0.15) is 0 Å². The molecule has 0 radical (unpaired) electrons. The second kappa shape index (κ2) is 7.55. The first-order valence-corrected chi connectivity index (χ1v) is 6.82. The molecule has 1 amide bonds. The number of hydrogen-bond acceptors (Lipinski definition) is 4. The molecule has 17 heavy (non-hydrogen) atoms. The van der Waals surface area contributed by atoms with Gasteiger partial charge >= 0.3 is 5.97 Å². The first kappa shape index (κ1) is 14.3. The maximum Gasteiger partial charge on any atom is 0.306 e. The molecule has 0 aromatic carbocycles. The fraction of sp³-hybridized carbons (Fsp3) is 0.818. The minimum atomic E-state index is -0.918. The van der Waals surface area contributed by atoms with E-state index in [9.17, 15) is 9.59 Å². The molecule has 1 rings (SSSR count). The first-order chi connectivity index (χ1) is 8.13. The number of carboxylic acids is 1. The Hall–Kier alpha value is -0.750. The molecule has 2 unspecified atom stereocenters. The zero-order valence-corrected chi connectivity index (χ0v) is 10.8. The zero-order chi connectivity index (χ0) is 12.7. The number of carboxylic acid groups (broad SMARTS) is 1. The number of hydrogen-bond donors (Lipinski definition) is 2. The van der Waals surface area contributed by atoms with Crippen LogP contribution in [0.3, 0.4) is 0 Å².